The van der Waals surface area contributed by atoms with Gasteiger partial charge in [-0.15, -0.1) is 11.3 Å². The third-order valence-corrected chi connectivity index (χ3v) is 6.16. The van der Waals surface area contributed by atoms with Gasteiger partial charge in [-0.3, -0.25) is 0 Å². The Morgan fingerprint density at radius 2 is 1.78 bits per heavy atom. The molecule has 3 aliphatic rings. The molecule has 166 valence electrons. The van der Waals surface area contributed by atoms with Crippen molar-refractivity contribution in [1.82, 2.24) is 0 Å². The first-order chi connectivity index (χ1) is 15.7. The molecule has 0 spiro atoms. The highest BCUT2D eigenvalue weighted by Gasteiger charge is 2.27. The third kappa shape index (κ3) is 5.49. The summed E-state index contributed by atoms with van der Waals surface area (Å²) in [4.78, 5) is 1.34. The third-order valence-electron chi connectivity index (χ3n) is 5.30. The monoisotopic (exact) mass is 441 g/mol. The number of hydrogen-bond donors (Lipinski definition) is 1. The fourth-order valence-corrected chi connectivity index (χ4v) is 4.68. The summed E-state index contributed by atoms with van der Waals surface area (Å²) in [6.07, 6.45) is 20.3. The van der Waals surface area contributed by atoms with Crippen LogP contribution in [0.5, 0.6) is 0 Å². The van der Waals surface area contributed by atoms with Crippen LogP contribution in [0, 0.1) is 12.8 Å². The van der Waals surface area contributed by atoms with Gasteiger partial charge in [0.15, 0.2) is 0 Å². The lowest BCUT2D eigenvalue weighted by Gasteiger charge is -2.23. The van der Waals surface area contributed by atoms with Gasteiger partial charge in [-0.2, -0.15) is 0 Å². The highest BCUT2D eigenvalue weighted by Crippen LogP contribution is 2.40. The molecule has 0 bridgehead atoms. The Morgan fingerprint density at radius 3 is 2.47 bits per heavy atom. The van der Waals surface area contributed by atoms with E-state index in [4.69, 9.17) is 0 Å². The molecule has 1 aromatic heterocycles. The van der Waals surface area contributed by atoms with Gasteiger partial charge in [-0.25, -0.2) is 0 Å². The standard InChI is InChI=1S/C25H21NS.C3H8.C2H6/c1-17-14-20(16-27-17)19-8-4-9-21(15-19)26-25-11-5-10-23-22(12-13-24(23)25)18-6-2-3-7-18;1-3-2;1-2/h2,4-16,23,26H,3H2,1H3;3H2,1-2H3;1-2H3. The van der Waals surface area contributed by atoms with Crippen LogP contribution in [-0.2, 0) is 0 Å². The van der Waals surface area contributed by atoms with E-state index in [1.54, 1.807) is 11.3 Å². The van der Waals surface area contributed by atoms with Crippen LogP contribution in [0.3, 0.4) is 0 Å². The Morgan fingerprint density at radius 1 is 1.00 bits per heavy atom. The first kappa shape index (κ1) is 23.8. The number of fused-ring (bicyclic) bond motifs is 1. The average Bonchev–Trinajstić information content (AvgIpc) is 3.57. The van der Waals surface area contributed by atoms with Gasteiger partial charge in [-0.05, 0) is 70.8 Å². The van der Waals surface area contributed by atoms with Crippen molar-refractivity contribution in [2.24, 2.45) is 5.92 Å². The van der Waals surface area contributed by atoms with Crippen LogP contribution in [0.2, 0.25) is 0 Å². The van der Waals surface area contributed by atoms with Crippen molar-refractivity contribution in [1.29, 1.82) is 0 Å². The van der Waals surface area contributed by atoms with Gasteiger partial charge in [0.1, 0.15) is 0 Å². The van der Waals surface area contributed by atoms with Crippen LogP contribution in [0.25, 0.3) is 11.1 Å². The zero-order valence-corrected chi connectivity index (χ0v) is 20.8. The second-order valence-corrected chi connectivity index (χ2v) is 8.96. The molecule has 2 aromatic rings. The van der Waals surface area contributed by atoms with Crippen LogP contribution in [-0.4, -0.2) is 0 Å². The number of anilines is 1. The summed E-state index contributed by atoms with van der Waals surface area (Å²) in [5, 5.41) is 5.88. The largest absolute Gasteiger partial charge is 0.355 e. The predicted octanol–water partition coefficient (Wildman–Crippen LogP) is 9.40. The molecule has 0 radical (unpaired) electrons. The number of rotatable bonds is 4. The molecule has 1 unspecified atom stereocenters. The molecule has 3 aliphatic carbocycles. The molecule has 2 heteroatoms. The zero-order chi connectivity index (χ0) is 22.9. The van der Waals surface area contributed by atoms with E-state index < -0.39 is 0 Å². The average molecular weight is 442 g/mol. The number of hydrogen-bond acceptors (Lipinski definition) is 2. The van der Waals surface area contributed by atoms with Gasteiger partial charge < -0.3 is 5.32 Å². The first-order valence-corrected chi connectivity index (χ1v) is 12.7. The van der Waals surface area contributed by atoms with Gasteiger partial charge >= 0.3 is 0 Å². The van der Waals surface area contributed by atoms with Crippen LogP contribution in [0.1, 0.15) is 45.4 Å². The maximum Gasteiger partial charge on any atom is 0.0426 e. The predicted molar refractivity (Wildman–Crippen MR) is 144 cm³/mol. The SMILES string of the molecule is CC.CCC.Cc1cc(-c2cccc(NC3=CC=CC4C(C5=CCC=C5)=CC=C34)c2)cs1. The second-order valence-electron chi connectivity index (χ2n) is 7.84. The summed E-state index contributed by atoms with van der Waals surface area (Å²) in [6, 6.07) is 10.9. The Bertz CT molecular complexity index is 1100. The van der Waals surface area contributed by atoms with Gasteiger partial charge in [0, 0.05) is 22.2 Å². The Kier molecular flexibility index (Phi) is 8.70. The summed E-state index contributed by atoms with van der Waals surface area (Å²) in [7, 11) is 0. The quantitative estimate of drug-likeness (QED) is 0.498. The minimum absolute atomic E-state index is 0.356. The molecule has 1 nitrogen and oxygen atoms in total. The van der Waals surface area contributed by atoms with Crippen LogP contribution in [0.4, 0.5) is 5.69 Å². The summed E-state index contributed by atoms with van der Waals surface area (Å²) in [5.41, 5.74) is 9.00. The molecule has 1 N–H and O–H groups in total. The van der Waals surface area contributed by atoms with Crippen LogP contribution < -0.4 is 5.32 Å². The second kappa shape index (κ2) is 11.7. The van der Waals surface area contributed by atoms with Gasteiger partial charge in [-0.1, -0.05) is 88.8 Å². The lowest BCUT2D eigenvalue weighted by molar-refractivity contribution is 0.932. The molecule has 1 aromatic carbocycles. The maximum absolute atomic E-state index is 3.65. The van der Waals surface area contributed by atoms with Gasteiger partial charge in [0.25, 0.3) is 0 Å². The van der Waals surface area contributed by atoms with E-state index in [1.807, 2.05) is 13.8 Å². The molecule has 0 saturated heterocycles. The van der Waals surface area contributed by atoms with Crippen molar-refractivity contribution in [3.63, 3.8) is 0 Å². The summed E-state index contributed by atoms with van der Waals surface area (Å²) in [6.45, 7) is 10.4. The van der Waals surface area contributed by atoms with E-state index >= 15 is 0 Å². The number of aryl methyl sites for hydroxylation is 1. The molecule has 1 atom stereocenters. The van der Waals surface area contributed by atoms with E-state index in [2.05, 4.69) is 110 Å². The molecule has 32 heavy (non-hydrogen) atoms. The lowest BCUT2D eigenvalue weighted by Crippen LogP contribution is -2.12. The smallest absolute Gasteiger partial charge is 0.0426 e. The first-order valence-electron chi connectivity index (χ1n) is 11.8. The molecule has 1 heterocycles. The van der Waals surface area contributed by atoms with Crippen molar-refractivity contribution in [3.05, 3.63) is 112 Å². The van der Waals surface area contributed by atoms with Gasteiger partial charge in [0.2, 0.25) is 0 Å². The maximum atomic E-state index is 3.65. The molecule has 0 saturated carbocycles. The summed E-state index contributed by atoms with van der Waals surface area (Å²) in [5.74, 6) is 0.356. The van der Waals surface area contributed by atoms with Crippen molar-refractivity contribution in [2.75, 3.05) is 5.32 Å². The van der Waals surface area contributed by atoms with E-state index in [-0.39, 0.29) is 0 Å². The van der Waals surface area contributed by atoms with E-state index in [0.717, 1.165) is 12.1 Å². The Balaban J connectivity index is 0.000000536. The van der Waals surface area contributed by atoms with Crippen molar-refractivity contribution >= 4 is 17.0 Å². The highest BCUT2D eigenvalue weighted by molar-refractivity contribution is 7.10. The lowest BCUT2D eigenvalue weighted by atomic mass is 9.86. The van der Waals surface area contributed by atoms with Gasteiger partial charge in [0.05, 0.1) is 0 Å². The molecule has 0 amide bonds. The molecular formula is C30H35NS. The molecular weight excluding hydrogens is 406 g/mol. The minimum Gasteiger partial charge on any atom is -0.355 e. The molecule has 0 aliphatic heterocycles. The van der Waals surface area contributed by atoms with E-state index in [9.17, 15) is 0 Å². The molecule has 5 rings (SSSR count). The topological polar surface area (TPSA) is 12.0 Å². The normalized spacial score (nSPS) is 17.7. The van der Waals surface area contributed by atoms with E-state index in [0.29, 0.717) is 5.92 Å². The fourth-order valence-electron chi connectivity index (χ4n) is 3.97. The number of allylic oxidation sites excluding steroid dienone is 11. The number of thiophene rings is 1. The molecule has 0 fully saturated rings. The Hall–Kier alpha value is -2.84. The number of nitrogens with one attached hydrogen (secondary N) is 1. The van der Waals surface area contributed by atoms with Crippen molar-refractivity contribution in [2.45, 2.75) is 47.5 Å². The van der Waals surface area contributed by atoms with Crippen LogP contribution in [0.15, 0.2) is 107 Å². The Labute approximate surface area is 198 Å². The summed E-state index contributed by atoms with van der Waals surface area (Å²) < 4.78 is 0. The zero-order valence-electron chi connectivity index (χ0n) is 20.0. The van der Waals surface area contributed by atoms with Crippen molar-refractivity contribution < 1.29 is 0 Å². The number of benzene rings is 1. The summed E-state index contributed by atoms with van der Waals surface area (Å²) >= 11 is 1.80. The fraction of sp³-hybridized carbons (Fsp3) is 0.267. The van der Waals surface area contributed by atoms with E-state index in [1.165, 1.54) is 44.8 Å². The minimum atomic E-state index is 0.356. The van der Waals surface area contributed by atoms with Crippen LogP contribution >= 0.6 is 11.3 Å². The van der Waals surface area contributed by atoms with Crippen molar-refractivity contribution in [3.8, 4) is 11.1 Å². The highest BCUT2D eigenvalue weighted by atomic mass is 32.1.